The van der Waals surface area contributed by atoms with Gasteiger partial charge in [-0.25, -0.2) is 0 Å². The van der Waals surface area contributed by atoms with Crippen molar-refractivity contribution in [3.05, 3.63) is 18.0 Å². The van der Waals surface area contributed by atoms with Crippen molar-refractivity contribution in [2.45, 2.75) is 32.9 Å². The number of likely N-dealkylation sites (N-methyl/N-ethyl adjacent to an activating group) is 1. The summed E-state index contributed by atoms with van der Waals surface area (Å²) >= 11 is 0. The minimum absolute atomic E-state index is 0. The molecule has 7 heteroatoms. The predicted molar refractivity (Wildman–Crippen MR) is 104 cm³/mol. The summed E-state index contributed by atoms with van der Waals surface area (Å²) < 4.78 is 1.86. The first-order valence-electron chi connectivity index (χ1n) is 7.51. The second-order valence-electron chi connectivity index (χ2n) is 6.00. The van der Waals surface area contributed by atoms with E-state index in [1.807, 2.05) is 17.8 Å². The van der Waals surface area contributed by atoms with Crippen LogP contribution in [0.15, 0.2) is 17.3 Å². The highest BCUT2D eigenvalue weighted by Crippen LogP contribution is 2.08. The van der Waals surface area contributed by atoms with Crippen LogP contribution in [0.1, 0.15) is 26.0 Å². The van der Waals surface area contributed by atoms with Crippen LogP contribution in [-0.2, 0) is 13.6 Å². The number of aromatic nitrogens is 2. The lowest BCUT2D eigenvalue weighted by atomic mass is 10.0. The second-order valence-corrected chi connectivity index (χ2v) is 6.00. The molecule has 128 valence electrons. The van der Waals surface area contributed by atoms with Crippen molar-refractivity contribution >= 4 is 29.9 Å². The fraction of sp³-hybridized carbons (Fsp3) is 0.733. The van der Waals surface area contributed by atoms with Gasteiger partial charge in [-0.2, -0.15) is 5.10 Å². The normalized spacial score (nSPS) is 13.2. The monoisotopic (exact) mass is 422 g/mol. The van der Waals surface area contributed by atoms with Crippen LogP contribution in [-0.4, -0.2) is 54.4 Å². The van der Waals surface area contributed by atoms with Gasteiger partial charge in [-0.1, -0.05) is 13.8 Å². The molecule has 0 saturated heterocycles. The van der Waals surface area contributed by atoms with E-state index in [4.69, 9.17) is 0 Å². The average molecular weight is 422 g/mol. The Kier molecular flexibility index (Phi) is 10.4. The van der Waals surface area contributed by atoms with Crippen molar-refractivity contribution in [2.75, 3.05) is 27.7 Å². The number of guanidine groups is 1. The molecule has 0 aromatic carbocycles. The van der Waals surface area contributed by atoms with Gasteiger partial charge in [0, 0.05) is 32.9 Å². The maximum absolute atomic E-state index is 4.27. The number of aliphatic imine (C=N–C) groups is 1. The molecule has 0 aliphatic carbocycles. The molecule has 0 bridgehead atoms. The fourth-order valence-corrected chi connectivity index (χ4v) is 2.20. The lowest BCUT2D eigenvalue weighted by molar-refractivity contribution is 0.254. The molecule has 0 saturated carbocycles. The lowest BCUT2D eigenvalue weighted by Crippen LogP contribution is -2.45. The van der Waals surface area contributed by atoms with E-state index in [9.17, 15) is 0 Å². The molecule has 0 radical (unpaired) electrons. The Morgan fingerprint density at radius 3 is 2.50 bits per heavy atom. The van der Waals surface area contributed by atoms with Gasteiger partial charge < -0.3 is 15.5 Å². The lowest BCUT2D eigenvalue weighted by Gasteiger charge is -2.27. The third-order valence-corrected chi connectivity index (χ3v) is 3.56. The minimum atomic E-state index is 0. The van der Waals surface area contributed by atoms with Gasteiger partial charge >= 0.3 is 0 Å². The van der Waals surface area contributed by atoms with Crippen LogP contribution in [0.3, 0.4) is 0 Å². The van der Waals surface area contributed by atoms with Crippen molar-refractivity contribution < 1.29 is 0 Å². The standard InChI is InChI=1S/C15H30N6.HI/c1-12(2)9-14(20(4)5)11-18-15(16-3)17-10-13-7-8-19-21(13)6;/h7-8,12,14H,9-11H2,1-6H3,(H2,16,17,18);1H. The average Bonchev–Trinajstić information content (AvgIpc) is 2.82. The molecule has 0 aliphatic rings. The number of nitrogens with one attached hydrogen (secondary N) is 2. The van der Waals surface area contributed by atoms with Crippen LogP contribution in [0.2, 0.25) is 0 Å². The van der Waals surface area contributed by atoms with E-state index in [-0.39, 0.29) is 24.0 Å². The van der Waals surface area contributed by atoms with Crippen LogP contribution in [0, 0.1) is 5.92 Å². The third kappa shape index (κ3) is 7.44. The Bertz CT molecular complexity index is 441. The summed E-state index contributed by atoms with van der Waals surface area (Å²) in [4.78, 5) is 6.54. The van der Waals surface area contributed by atoms with E-state index >= 15 is 0 Å². The number of rotatable bonds is 7. The maximum atomic E-state index is 4.27. The molecular weight excluding hydrogens is 391 g/mol. The molecule has 0 spiro atoms. The summed E-state index contributed by atoms with van der Waals surface area (Å²) in [6.45, 7) is 6.11. The highest BCUT2D eigenvalue weighted by atomic mass is 127. The highest BCUT2D eigenvalue weighted by molar-refractivity contribution is 14.0. The van der Waals surface area contributed by atoms with Crippen LogP contribution in [0.5, 0.6) is 0 Å². The van der Waals surface area contributed by atoms with E-state index in [2.05, 4.69) is 53.6 Å². The van der Waals surface area contributed by atoms with Gasteiger partial charge in [0.25, 0.3) is 0 Å². The highest BCUT2D eigenvalue weighted by Gasteiger charge is 2.13. The summed E-state index contributed by atoms with van der Waals surface area (Å²) in [5.41, 5.74) is 1.13. The Labute approximate surface area is 151 Å². The summed E-state index contributed by atoms with van der Waals surface area (Å²) in [6.07, 6.45) is 2.97. The van der Waals surface area contributed by atoms with Crippen LogP contribution in [0.4, 0.5) is 0 Å². The van der Waals surface area contributed by atoms with Gasteiger partial charge in [0.2, 0.25) is 0 Å². The minimum Gasteiger partial charge on any atom is -0.355 e. The summed E-state index contributed by atoms with van der Waals surface area (Å²) in [5, 5.41) is 10.9. The number of halogens is 1. The van der Waals surface area contributed by atoms with Gasteiger partial charge in [0.1, 0.15) is 0 Å². The molecule has 1 atom stereocenters. The fourth-order valence-electron chi connectivity index (χ4n) is 2.20. The van der Waals surface area contributed by atoms with Crippen LogP contribution < -0.4 is 10.6 Å². The number of aryl methyl sites for hydroxylation is 1. The zero-order valence-electron chi connectivity index (χ0n) is 14.6. The first-order valence-corrected chi connectivity index (χ1v) is 7.51. The molecule has 6 nitrogen and oxygen atoms in total. The smallest absolute Gasteiger partial charge is 0.191 e. The number of hydrogen-bond acceptors (Lipinski definition) is 3. The summed E-state index contributed by atoms with van der Waals surface area (Å²) in [7, 11) is 7.99. The molecule has 2 N–H and O–H groups in total. The molecule has 22 heavy (non-hydrogen) atoms. The zero-order chi connectivity index (χ0) is 15.8. The first-order chi connectivity index (χ1) is 9.93. The first kappa shape index (κ1) is 21.2. The number of hydrogen-bond donors (Lipinski definition) is 2. The van der Waals surface area contributed by atoms with Gasteiger partial charge in [-0.3, -0.25) is 9.67 Å². The zero-order valence-corrected chi connectivity index (χ0v) is 17.0. The Hall–Kier alpha value is -0.830. The Morgan fingerprint density at radius 1 is 1.36 bits per heavy atom. The molecule has 1 unspecified atom stereocenters. The van der Waals surface area contributed by atoms with E-state index in [1.54, 1.807) is 13.2 Å². The van der Waals surface area contributed by atoms with Gasteiger partial charge in [0.05, 0.1) is 12.2 Å². The van der Waals surface area contributed by atoms with Crippen molar-refractivity contribution in [1.82, 2.24) is 25.3 Å². The molecule has 1 heterocycles. The molecular formula is C15H31IN6. The second kappa shape index (κ2) is 10.8. The summed E-state index contributed by atoms with van der Waals surface area (Å²) in [5.74, 6) is 1.51. The SMILES string of the molecule is CN=C(NCc1ccnn1C)NCC(CC(C)C)N(C)C.I. The molecule has 0 amide bonds. The number of nitrogens with zero attached hydrogens (tertiary/aromatic N) is 4. The maximum Gasteiger partial charge on any atom is 0.191 e. The van der Waals surface area contributed by atoms with E-state index in [0.717, 1.165) is 18.2 Å². The van der Waals surface area contributed by atoms with Crippen LogP contribution in [0.25, 0.3) is 0 Å². The van der Waals surface area contributed by atoms with Crippen molar-refractivity contribution in [1.29, 1.82) is 0 Å². The third-order valence-electron chi connectivity index (χ3n) is 3.56. The van der Waals surface area contributed by atoms with Crippen LogP contribution >= 0.6 is 24.0 Å². The quantitative estimate of drug-likeness (QED) is 0.399. The van der Waals surface area contributed by atoms with E-state index < -0.39 is 0 Å². The molecule has 1 aromatic heterocycles. The van der Waals surface area contributed by atoms with Gasteiger partial charge in [-0.15, -0.1) is 24.0 Å². The topological polar surface area (TPSA) is 57.5 Å². The van der Waals surface area contributed by atoms with Crippen molar-refractivity contribution in [3.8, 4) is 0 Å². The largest absolute Gasteiger partial charge is 0.355 e. The van der Waals surface area contributed by atoms with E-state index in [0.29, 0.717) is 18.5 Å². The molecule has 0 fully saturated rings. The van der Waals surface area contributed by atoms with Crippen molar-refractivity contribution in [3.63, 3.8) is 0 Å². The molecule has 1 aromatic rings. The Morgan fingerprint density at radius 2 is 2.05 bits per heavy atom. The van der Waals surface area contributed by atoms with Gasteiger partial charge in [0.15, 0.2) is 5.96 Å². The molecule has 1 rings (SSSR count). The Balaban J connectivity index is 0.00000441. The predicted octanol–water partition coefficient (Wildman–Crippen LogP) is 1.68. The van der Waals surface area contributed by atoms with Gasteiger partial charge in [-0.05, 0) is 32.5 Å². The van der Waals surface area contributed by atoms with Crippen molar-refractivity contribution in [2.24, 2.45) is 18.0 Å². The summed E-state index contributed by atoms with van der Waals surface area (Å²) in [6, 6.07) is 2.50. The van der Waals surface area contributed by atoms with E-state index in [1.165, 1.54) is 6.42 Å². The molecule has 0 aliphatic heterocycles.